The van der Waals surface area contributed by atoms with E-state index in [0.717, 1.165) is 19.6 Å². The van der Waals surface area contributed by atoms with E-state index in [0.29, 0.717) is 16.6 Å². The van der Waals surface area contributed by atoms with Crippen molar-refractivity contribution in [3.8, 4) is 0 Å². The molecule has 1 amide bonds. The lowest BCUT2D eigenvalue weighted by Crippen LogP contribution is -2.29. The Morgan fingerprint density at radius 3 is 2.33 bits per heavy atom. The van der Waals surface area contributed by atoms with Gasteiger partial charge in [-0.2, -0.15) is 0 Å². The summed E-state index contributed by atoms with van der Waals surface area (Å²) in [6, 6.07) is 15.1. The number of nitrogen functional groups attached to an aromatic ring is 1. The molecule has 1 aromatic heterocycles. The van der Waals surface area contributed by atoms with Gasteiger partial charge in [-0.1, -0.05) is 30.7 Å². The van der Waals surface area contributed by atoms with E-state index in [-0.39, 0.29) is 17.5 Å². The average Bonchev–Trinajstić information content (AvgIpc) is 2.70. The van der Waals surface area contributed by atoms with Gasteiger partial charge in [-0.25, -0.2) is 9.97 Å². The molecule has 0 unspecified atom stereocenters. The summed E-state index contributed by atoms with van der Waals surface area (Å²) in [6.07, 6.45) is 3.87. The quantitative estimate of drug-likeness (QED) is 0.743. The van der Waals surface area contributed by atoms with E-state index in [1.165, 1.54) is 24.8 Å². The molecule has 0 bridgehead atoms. The van der Waals surface area contributed by atoms with Gasteiger partial charge in [0.15, 0.2) is 11.6 Å². The van der Waals surface area contributed by atoms with E-state index in [2.05, 4.69) is 20.2 Å². The molecule has 1 aliphatic rings. The second kappa shape index (κ2) is 7.72. The summed E-state index contributed by atoms with van der Waals surface area (Å²) < 4.78 is 0. The molecule has 6 heteroatoms. The lowest BCUT2D eigenvalue weighted by Gasteiger charge is -2.26. The van der Waals surface area contributed by atoms with Gasteiger partial charge in [0.1, 0.15) is 0 Å². The van der Waals surface area contributed by atoms with Crippen molar-refractivity contribution >= 4 is 28.6 Å². The number of aromatic nitrogens is 2. The molecule has 0 aliphatic carbocycles. The van der Waals surface area contributed by atoms with Gasteiger partial charge in [-0.3, -0.25) is 9.69 Å². The maximum absolute atomic E-state index is 12.6. The zero-order valence-electron chi connectivity index (χ0n) is 15.2. The number of likely N-dealkylation sites (tertiary alicyclic amines) is 1. The number of nitrogens with one attached hydrogen (secondary N) is 1. The number of nitrogens with two attached hydrogens (primary N) is 1. The molecule has 1 aliphatic heterocycles. The molecule has 3 aromatic rings. The molecule has 27 heavy (non-hydrogen) atoms. The highest BCUT2D eigenvalue weighted by molar-refractivity contribution is 6.05. The molecule has 138 valence electrons. The summed E-state index contributed by atoms with van der Waals surface area (Å²) >= 11 is 0. The van der Waals surface area contributed by atoms with Crippen molar-refractivity contribution in [2.45, 2.75) is 25.8 Å². The second-order valence-electron chi connectivity index (χ2n) is 6.93. The van der Waals surface area contributed by atoms with Crippen molar-refractivity contribution in [2.24, 2.45) is 0 Å². The van der Waals surface area contributed by atoms with Crippen LogP contribution < -0.4 is 11.1 Å². The fourth-order valence-electron chi connectivity index (χ4n) is 3.42. The van der Waals surface area contributed by atoms with Crippen LogP contribution in [0.4, 0.5) is 11.6 Å². The summed E-state index contributed by atoms with van der Waals surface area (Å²) in [6.45, 7) is 3.25. The first-order chi connectivity index (χ1) is 13.2. The minimum atomic E-state index is -0.240. The number of hydrogen-bond acceptors (Lipinski definition) is 5. The molecule has 0 spiro atoms. The number of nitrogens with zero attached hydrogens (tertiary/aromatic N) is 3. The molecule has 2 aromatic carbocycles. The van der Waals surface area contributed by atoms with E-state index >= 15 is 0 Å². The van der Waals surface area contributed by atoms with Gasteiger partial charge in [0.25, 0.3) is 5.91 Å². The topological polar surface area (TPSA) is 84.1 Å². The highest BCUT2D eigenvalue weighted by atomic mass is 16.1. The maximum Gasteiger partial charge on any atom is 0.256 e. The van der Waals surface area contributed by atoms with Crippen molar-refractivity contribution in [3.05, 3.63) is 59.7 Å². The minimum absolute atomic E-state index is 0.212. The number of amides is 1. The third-order valence-corrected chi connectivity index (χ3v) is 4.90. The summed E-state index contributed by atoms with van der Waals surface area (Å²) in [5.74, 6) is 0.260. The SMILES string of the molecule is Nc1nc2ccccc2nc1NC(=O)c1ccc(CN2CCCCC2)cc1. The van der Waals surface area contributed by atoms with E-state index in [4.69, 9.17) is 5.73 Å². The number of carbonyl (C=O) groups excluding carboxylic acids is 1. The number of rotatable bonds is 4. The monoisotopic (exact) mass is 361 g/mol. The normalized spacial score (nSPS) is 15.0. The molecule has 0 radical (unpaired) electrons. The Morgan fingerprint density at radius 1 is 0.963 bits per heavy atom. The fourth-order valence-corrected chi connectivity index (χ4v) is 3.42. The van der Waals surface area contributed by atoms with Crippen LogP contribution in [-0.2, 0) is 6.54 Å². The van der Waals surface area contributed by atoms with E-state index in [1.54, 1.807) is 0 Å². The summed E-state index contributed by atoms with van der Waals surface area (Å²) in [5, 5.41) is 2.77. The van der Waals surface area contributed by atoms with E-state index < -0.39 is 0 Å². The fraction of sp³-hybridized carbons (Fsp3) is 0.286. The Bertz CT molecular complexity index is 948. The first kappa shape index (κ1) is 17.4. The van der Waals surface area contributed by atoms with Gasteiger partial charge in [-0.15, -0.1) is 0 Å². The van der Waals surface area contributed by atoms with Crippen molar-refractivity contribution < 1.29 is 4.79 Å². The summed E-state index contributed by atoms with van der Waals surface area (Å²) in [4.78, 5) is 23.7. The van der Waals surface area contributed by atoms with Crippen LogP contribution in [0.3, 0.4) is 0 Å². The largest absolute Gasteiger partial charge is 0.381 e. The Morgan fingerprint density at radius 2 is 1.63 bits per heavy atom. The molecular weight excluding hydrogens is 338 g/mol. The Hall–Kier alpha value is -2.99. The molecule has 4 rings (SSSR count). The number of piperidine rings is 1. The number of fused-ring (bicyclic) bond motifs is 1. The minimum Gasteiger partial charge on any atom is -0.381 e. The van der Waals surface area contributed by atoms with Crippen LogP contribution in [0, 0.1) is 0 Å². The van der Waals surface area contributed by atoms with E-state index in [9.17, 15) is 4.79 Å². The number of hydrogen-bond donors (Lipinski definition) is 2. The number of benzene rings is 2. The summed E-state index contributed by atoms with van der Waals surface area (Å²) in [7, 11) is 0. The van der Waals surface area contributed by atoms with E-state index in [1.807, 2.05) is 48.5 Å². The van der Waals surface area contributed by atoms with Crippen molar-refractivity contribution in [1.82, 2.24) is 14.9 Å². The van der Waals surface area contributed by atoms with Crippen molar-refractivity contribution in [2.75, 3.05) is 24.1 Å². The Kier molecular flexibility index (Phi) is 4.98. The highest BCUT2D eigenvalue weighted by Gasteiger charge is 2.13. The average molecular weight is 361 g/mol. The van der Waals surface area contributed by atoms with Crippen molar-refractivity contribution in [3.63, 3.8) is 0 Å². The number of anilines is 2. The first-order valence-corrected chi connectivity index (χ1v) is 9.34. The van der Waals surface area contributed by atoms with Crippen LogP contribution in [0.5, 0.6) is 0 Å². The third-order valence-electron chi connectivity index (χ3n) is 4.90. The van der Waals surface area contributed by atoms with Gasteiger partial charge in [-0.05, 0) is 55.8 Å². The predicted octanol–water partition coefficient (Wildman–Crippen LogP) is 3.45. The second-order valence-corrected chi connectivity index (χ2v) is 6.93. The molecule has 3 N–H and O–H groups in total. The molecule has 1 fully saturated rings. The molecule has 0 atom stereocenters. The predicted molar refractivity (Wildman–Crippen MR) is 107 cm³/mol. The summed E-state index contributed by atoms with van der Waals surface area (Å²) in [5.41, 5.74) is 9.14. The van der Waals surface area contributed by atoms with Gasteiger partial charge in [0.2, 0.25) is 0 Å². The van der Waals surface area contributed by atoms with Crippen LogP contribution in [0.2, 0.25) is 0 Å². The van der Waals surface area contributed by atoms with Crippen LogP contribution in [0.1, 0.15) is 35.2 Å². The van der Waals surface area contributed by atoms with Crippen LogP contribution >= 0.6 is 0 Å². The van der Waals surface area contributed by atoms with Gasteiger partial charge >= 0.3 is 0 Å². The van der Waals surface area contributed by atoms with Gasteiger partial charge in [0.05, 0.1) is 11.0 Å². The molecule has 0 saturated carbocycles. The lowest BCUT2D eigenvalue weighted by molar-refractivity contribution is 0.102. The highest BCUT2D eigenvalue weighted by Crippen LogP contribution is 2.19. The van der Waals surface area contributed by atoms with Crippen molar-refractivity contribution in [1.29, 1.82) is 0 Å². The standard InChI is InChI=1S/C21H23N5O/c22-19-20(24-18-7-3-2-6-17(18)23-19)25-21(27)16-10-8-15(9-11-16)14-26-12-4-1-5-13-26/h2-3,6-11H,1,4-5,12-14H2,(H2,22,23)(H,24,25,27). The number of carbonyl (C=O) groups is 1. The smallest absolute Gasteiger partial charge is 0.256 e. The van der Waals surface area contributed by atoms with Crippen LogP contribution in [-0.4, -0.2) is 33.9 Å². The Balaban J connectivity index is 1.45. The lowest BCUT2D eigenvalue weighted by atomic mass is 10.1. The molecule has 1 saturated heterocycles. The zero-order chi connectivity index (χ0) is 18.6. The molecular formula is C21H23N5O. The van der Waals surface area contributed by atoms with Crippen LogP contribution in [0.25, 0.3) is 11.0 Å². The first-order valence-electron chi connectivity index (χ1n) is 9.34. The van der Waals surface area contributed by atoms with Crippen LogP contribution in [0.15, 0.2) is 48.5 Å². The maximum atomic E-state index is 12.6. The molecule has 6 nitrogen and oxygen atoms in total. The third kappa shape index (κ3) is 4.06. The van der Waals surface area contributed by atoms with Gasteiger partial charge < -0.3 is 11.1 Å². The van der Waals surface area contributed by atoms with Gasteiger partial charge in [0, 0.05) is 12.1 Å². The number of para-hydroxylation sites is 2. The zero-order valence-corrected chi connectivity index (χ0v) is 15.2. The molecule has 2 heterocycles. The Labute approximate surface area is 158 Å².